The number of hydrogen-bond acceptors (Lipinski definition) is 3. The summed E-state index contributed by atoms with van der Waals surface area (Å²) in [5.74, 6) is -0.758. The maximum Gasteiger partial charge on any atom is 0.317 e. The summed E-state index contributed by atoms with van der Waals surface area (Å²) in [4.78, 5) is 10.3. The summed E-state index contributed by atoms with van der Waals surface area (Å²) in [5.41, 5.74) is 0. The van der Waals surface area contributed by atoms with Gasteiger partial charge >= 0.3 is 5.97 Å². The molecule has 0 saturated heterocycles. The van der Waals surface area contributed by atoms with E-state index in [0.29, 0.717) is 6.04 Å². The predicted molar refractivity (Wildman–Crippen MR) is 55.2 cm³/mol. The molecule has 0 aromatic heterocycles. The Bertz CT molecular complexity index is 175. The number of thioether (sulfide) groups is 1. The highest BCUT2D eigenvalue weighted by Crippen LogP contribution is 2.26. The van der Waals surface area contributed by atoms with E-state index < -0.39 is 5.97 Å². The Morgan fingerprint density at radius 2 is 2.38 bits per heavy atom. The zero-order valence-corrected chi connectivity index (χ0v) is 8.77. The van der Waals surface area contributed by atoms with Crippen LogP contribution in [0, 0.1) is 0 Å². The van der Waals surface area contributed by atoms with E-state index in [2.05, 4.69) is 11.6 Å². The van der Waals surface area contributed by atoms with Crippen molar-refractivity contribution < 1.29 is 9.90 Å². The summed E-state index contributed by atoms with van der Waals surface area (Å²) in [6.07, 6.45) is 6.89. The van der Waals surface area contributed by atoms with Crippen molar-refractivity contribution in [1.82, 2.24) is 5.32 Å². The van der Waals surface area contributed by atoms with Gasteiger partial charge in [0.25, 0.3) is 0 Å². The number of carboxylic acids is 1. The molecule has 1 aliphatic carbocycles. The fraction of sp³-hybridized carbons (Fsp3) is 0.889. The van der Waals surface area contributed by atoms with Gasteiger partial charge in [0.1, 0.15) is 0 Å². The summed E-state index contributed by atoms with van der Waals surface area (Å²) >= 11 is 1.90. The van der Waals surface area contributed by atoms with Gasteiger partial charge in [-0.15, -0.1) is 0 Å². The average Bonchev–Trinajstić information content (AvgIpc) is 2.15. The van der Waals surface area contributed by atoms with Crippen molar-refractivity contribution in [1.29, 1.82) is 0 Å². The van der Waals surface area contributed by atoms with Gasteiger partial charge < -0.3 is 10.4 Å². The van der Waals surface area contributed by atoms with Crippen molar-refractivity contribution in [2.75, 3.05) is 12.8 Å². The van der Waals surface area contributed by atoms with Crippen molar-refractivity contribution in [2.45, 2.75) is 37.0 Å². The molecule has 0 aromatic carbocycles. The SMILES string of the molecule is CSC1CCCC(NCC(=O)O)C1. The number of rotatable bonds is 4. The second-order valence-corrected chi connectivity index (χ2v) is 4.63. The van der Waals surface area contributed by atoms with Crippen LogP contribution in [0.2, 0.25) is 0 Å². The van der Waals surface area contributed by atoms with Crippen LogP contribution in [0.5, 0.6) is 0 Å². The topological polar surface area (TPSA) is 49.3 Å². The van der Waals surface area contributed by atoms with Crippen molar-refractivity contribution in [3.63, 3.8) is 0 Å². The van der Waals surface area contributed by atoms with Crippen molar-refractivity contribution in [3.8, 4) is 0 Å². The van der Waals surface area contributed by atoms with E-state index in [1.165, 1.54) is 12.8 Å². The molecule has 1 fully saturated rings. The molecule has 0 heterocycles. The Morgan fingerprint density at radius 1 is 1.62 bits per heavy atom. The maximum atomic E-state index is 10.3. The molecule has 76 valence electrons. The van der Waals surface area contributed by atoms with Crippen LogP contribution in [0.15, 0.2) is 0 Å². The Labute approximate surface area is 83.3 Å². The van der Waals surface area contributed by atoms with E-state index in [4.69, 9.17) is 5.11 Å². The molecule has 13 heavy (non-hydrogen) atoms. The normalized spacial score (nSPS) is 28.7. The highest BCUT2D eigenvalue weighted by Gasteiger charge is 2.20. The third-order valence-corrected chi connectivity index (χ3v) is 3.60. The van der Waals surface area contributed by atoms with Gasteiger partial charge in [0, 0.05) is 11.3 Å². The third kappa shape index (κ3) is 4.00. The van der Waals surface area contributed by atoms with Gasteiger partial charge in [-0.05, 0) is 25.5 Å². The largest absolute Gasteiger partial charge is 0.480 e. The second kappa shape index (κ2) is 5.50. The fourth-order valence-corrected chi connectivity index (χ4v) is 2.60. The molecule has 0 bridgehead atoms. The molecule has 1 rings (SSSR count). The van der Waals surface area contributed by atoms with Crippen LogP contribution in [0.1, 0.15) is 25.7 Å². The minimum Gasteiger partial charge on any atom is -0.480 e. The molecule has 2 atom stereocenters. The van der Waals surface area contributed by atoms with Gasteiger partial charge in [0.15, 0.2) is 0 Å². The lowest BCUT2D eigenvalue weighted by Gasteiger charge is -2.28. The van der Waals surface area contributed by atoms with E-state index in [1.807, 2.05) is 11.8 Å². The van der Waals surface area contributed by atoms with Crippen molar-refractivity contribution in [3.05, 3.63) is 0 Å². The smallest absolute Gasteiger partial charge is 0.317 e. The second-order valence-electron chi connectivity index (χ2n) is 3.50. The highest BCUT2D eigenvalue weighted by molar-refractivity contribution is 7.99. The van der Waals surface area contributed by atoms with Gasteiger partial charge in [-0.25, -0.2) is 0 Å². The van der Waals surface area contributed by atoms with E-state index in [9.17, 15) is 4.79 Å². The number of hydrogen-bond donors (Lipinski definition) is 2. The first-order valence-corrected chi connectivity index (χ1v) is 5.99. The van der Waals surface area contributed by atoms with Crippen LogP contribution in [0.3, 0.4) is 0 Å². The monoisotopic (exact) mass is 203 g/mol. The maximum absolute atomic E-state index is 10.3. The standard InChI is InChI=1S/C9H17NO2S/c1-13-8-4-2-3-7(5-8)10-6-9(11)12/h7-8,10H,2-6H2,1H3,(H,11,12). The highest BCUT2D eigenvalue weighted by atomic mass is 32.2. The first-order valence-electron chi connectivity index (χ1n) is 4.70. The third-order valence-electron chi connectivity index (χ3n) is 2.50. The van der Waals surface area contributed by atoms with Crippen LogP contribution in [-0.2, 0) is 4.79 Å². The number of carboxylic acid groups (broad SMARTS) is 1. The van der Waals surface area contributed by atoms with Crippen LogP contribution in [0.25, 0.3) is 0 Å². The van der Waals surface area contributed by atoms with Gasteiger partial charge in [-0.2, -0.15) is 11.8 Å². The van der Waals surface area contributed by atoms with Gasteiger partial charge in [-0.1, -0.05) is 6.42 Å². The van der Waals surface area contributed by atoms with Crippen LogP contribution in [-0.4, -0.2) is 35.2 Å². The lowest BCUT2D eigenvalue weighted by Crippen LogP contribution is -2.38. The lowest BCUT2D eigenvalue weighted by molar-refractivity contribution is -0.136. The summed E-state index contributed by atoms with van der Waals surface area (Å²) in [6.45, 7) is 0.103. The van der Waals surface area contributed by atoms with Crippen molar-refractivity contribution >= 4 is 17.7 Å². The molecule has 0 aliphatic heterocycles. The Kier molecular flexibility index (Phi) is 4.59. The molecule has 0 amide bonds. The predicted octanol–water partition coefficient (Wildman–Crippen LogP) is 1.33. The average molecular weight is 203 g/mol. The molecule has 0 spiro atoms. The molecule has 4 heteroatoms. The first kappa shape index (κ1) is 10.9. The molecular formula is C9H17NO2S. The summed E-state index contributed by atoms with van der Waals surface area (Å²) in [6, 6.07) is 0.419. The molecule has 3 nitrogen and oxygen atoms in total. The Morgan fingerprint density at radius 3 is 3.00 bits per heavy atom. The summed E-state index contributed by atoms with van der Waals surface area (Å²) < 4.78 is 0. The van der Waals surface area contributed by atoms with Crippen molar-refractivity contribution in [2.24, 2.45) is 0 Å². The Balaban J connectivity index is 2.21. The summed E-state index contributed by atoms with van der Waals surface area (Å²) in [7, 11) is 0. The van der Waals surface area contributed by atoms with E-state index >= 15 is 0 Å². The molecule has 1 aliphatic rings. The zero-order valence-electron chi connectivity index (χ0n) is 7.95. The molecule has 1 saturated carbocycles. The number of aliphatic carboxylic acids is 1. The van der Waals surface area contributed by atoms with Gasteiger partial charge in [-0.3, -0.25) is 4.79 Å². The minimum atomic E-state index is -0.758. The zero-order chi connectivity index (χ0) is 9.68. The fourth-order valence-electron chi connectivity index (χ4n) is 1.78. The molecule has 2 N–H and O–H groups in total. The van der Waals surface area contributed by atoms with Crippen LogP contribution in [0.4, 0.5) is 0 Å². The van der Waals surface area contributed by atoms with Crippen LogP contribution >= 0.6 is 11.8 Å². The quantitative estimate of drug-likeness (QED) is 0.724. The molecule has 0 radical (unpaired) electrons. The lowest BCUT2D eigenvalue weighted by atomic mass is 9.95. The van der Waals surface area contributed by atoms with E-state index in [1.54, 1.807) is 0 Å². The number of nitrogens with one attached hydrogen (secondary N) is 1. The van der Waals surface area contributed by atoms with E-state index in [0.717, 1.165) is 18.1 Å². The summed E-state index contributed by atoms with van der Waals surface area (Å²) in [5, 5.41) is 12.3. The Hall–Kier alpha value is -0.220. The first-order chi connectivity index (χ1) is 6.22. The van der Waals surface area contributed by atoms with Gasteiger partial charge in [0.05, 0.1) is 6.54 Å². The minimum absolute atomic E-state index is 0.103. The molecular weight excluding hydrogens is 186 g/mol. The van der Waals surface area contributed by atoms with Crippen LogP contribution < -0.4 is 5.32 Å². The van der Waals surface area contributed by atoms with E-state index in [-0.39, 0.29) is 6.54 Å². The molecule has 0 aromatic rings. The number of carbonyl (C=O) groups is 1. The van der Waals surface area contributed by atoms with Gasteiger partial charge in [0.2, 0.25) is 0 Å². The molecule has 2 unspecified atom stereocenters.